The molecule has 0 aromatic carbocycles. The average Bonchev–Trinajstić information content (AvgIpc) is 2.43. The zero-order chi connectivity index (χ0) is 21.5. The van der Waals surface area contributed by atoms with Crippen LogP contribution in [0, 0.1) is 38.2 Å². The number of rotatable bonds is 1. The Hall–Kier alpha value is -0.0900. The zero-order valence-corrected chi connectivity index (χ0v) is 20.9. The summed E-state index contributed by atoms with van der Waals surface area (Å²) in [5, 5.41) is 15.1. The van der Waals surface area contributed by atoms with E-state index in [1.807, 2.05) is 29.0 Å². The number of nitriles is 1. The second-order valence-corrected chi connectivity index (χ2v) is 12.1. The number of halogens is 1. The Morgan fingerprint density at radius 3 is 2.00 bits per heavy atom. The molecule has 0 amide bonds. The fourth-order valence-corrected chi connectivity index (χ4v) is 5.16. The van der Waals surface area contributed by atoms with Crippen LogP contribution in [0.25, 0.3) is 0 Å². The second kappa shape index (κ2) is 11.9. The number of carbonyl (C=O) groups is 1. The van der Waals surface area contributed by atoms with Crippen LogP contribution < -0.4 is 11.5 Å². The molecule has 5 nitrogen and oxygen atoms in total. The number of hydrogen-bond acceptors (Lipinski definition) is 5. The van der Waals surface area contributed by atoms with E-state index >= 15 is 0 Å². The molecule has 2 aliphatic rings. The van der Waals surface area contributed by atoms with Gasteiger partial charge in [0, 0.05) is 40.9 Å². The van der Waals surface area contributed by atoms with Gasteiger partial charge in [-0.25, -0.2) is 0 Å². The first kappa shape index (κ1) is 30.1. The lowest BCUT2D eigenvalue weighted by atomic mass is 9.63. The molecular weight excluding hydrogens is 482 g/mol. The predicted octanol–water partition coefficient (Wildman–Crippen LogP) is 6.47. The summed E-state index contributed by atoms with van der Waals surface area (Å²) in [6, 6.07) is 3.23. The number of nitrogens with two attached hydrogens (primary N) is 2. The molecule has 0 aliphatic heterocycles. The molecule has 2 rings (SSSR count). The quantitative estimate of drug-likeness (QED) is 0.269. The normalized spacial score (nSPS) is 33.1. The lowest BCUT2D eigenvalue weighted by Gasteiger charge is -2.45. The van der Waals surface area contributed by atoms with Crippen molar-refractivity contribution >= 4 is 33.8 Å². The Bertz CT molecular complexity index is 561. The molecule has 7 heteroatoms. The number of hydrogen-bond donors (Lipinski definition) is 3. The molecule has 5 N–H and O–H groups in total. The maximum Gasteiger partial charge on any atom is 0.135 e. The third-order valence-electron chi connectivity index (χ3n) is 5.37. The number of nitrogens with one attached hydrogen (secondary N) is 1. The van der Waals surface area contributed by atoms with Gasteiger partial charge in [-0.3, -0.25) is 9.96 Å². The van der Waals surface area contributed by atoms with Crippen LogP contribution >= 0.6 is 28.1 Å². The monoisotopic (exact) mass is 524 g/mol. The summed E-state index contributed by atoms with van der Waals surface area (Å²) < 4.78 is 0. The molecule has 0 aromatic heterocycles. The summed E-state index contributed by atoms with van der Waals surface area (Å²) in [7, 11) is 0. The first-order valence-electron chi connectivity index (χ1n) is 9.52. The van der Waals surface area contributed by atoms with E-state index in [-0.39, 0.29) is 24.0 Å². The second-order valence-electron chi connectivity index (χ2n) is 10.5. The minimum atomic E-state index is -0.418. The van der Waals surface area contributed by atoms with E-state index in [4.69, 9.17) is 21.9 Å². The number of Topliss-reactive ketones (excluding diaryl/α,β-unsaturated/α-hetero) is 1. The smallest absolute Gasteiger partial charge is 0.135 e. The highest BCUT2D eigenvalue weighted by atomic mass is 127. The molecule has 2 saturated carbocycles. The third-order valence-corrected chi connectivity index (χ3v) is 5.37. The number of carbonyl (C=O) groups excluding carboxylic acids is 1. The fourth-order valence-electron chi connectivity index (χ4n) is 5.16. The van der Waals surface area contributed by atoms with E-state index in [2.05, 4.69) is 40.7 Å². The summed E-state index contributed by atoms with van der Waals surface area (Å²) in [5.74, 6) is 0.232. The van der Waals surface area contributed by atoms with Gasteiger partial charge in [0.1, 0.15) is 5.78 Å². The minimum absolute atomic E-state index is 0. The zero-order valence-electron chi connectivity index (χ0n) is 17.9. The van der Waals surface area contributed by atoms with Gasteiger partial charge in [0.15, 0.2) is 0 Å². The third kappa shape index (κ3) is 11.2. The number of nitrogens with zero attached hydrogens (tertiary/aromatic N) is 1. The maximum atomic E-state index is 11.3. The van der Waals surface area contributed by atoms with E-state index in [0.717, 1.165) is 25.8 Å². The molecule has 3 unspecified atom stereocenters. The first-order valence-corrected chi connectivity index (χ1v) is 13.2. The minimum Gasteiger partial charge on any atom is -0.330 e. The van der Waals surface area contributed by atoms with Crippen LogP contribution in [-0.4, -0.2) is 18.4 Å². The number of ketones is 1. The molecule has 0 radical (unpaired) electrons. The molecule has 164 valence electrons. The van der Waals surface area contributed by atoms with Crippen LogP contribution in [0.5, 0.6) is 0 Å². The van der Waals surface area contributed by atoms with Crippen LogP contribution in [0.1, 0.15) is 87.5 Å². The average molecular weight is 524 g/mol. The molecule has 28 heavy (non-hydrogen) atoms. The van der Waals surface area contributed by atoms with Crippen molar-refractivity contribution in [1.29, 1.82) is 10.4 Å². The SMILES string of the molecule is C.CC1(C)CC(=O)CC(C)(C#N)C1.CC1(C)CC(N)CC(C)(CN)C1.N=PI. The molecule has 0 bridgehead atoms. The fraction of sp³-hybridized carbons (Fsp3) is 0.905. The van der Waals surface area contributed by atoms with E-state index in [1.165, 1.54) is 6.42 Å². The molecule has 3 atom stereocenters. The van der Waals surface area contributed by atoms with E-state index in [0.29, 0.717) is 30.3 Å². The van der Waals surface area contributed by atoms with Gasteiger partial charge in [-0.2, -0.15) is 5.26 Å². The summed E-state index contributed by atoms with van der Waals surface area (Å²) in [6.07, 6.45) is 5.35. The van der Waals surface area contributed by atoms with Crippen LogP contribution in [-0.2, 0) is 4.79 Å². The first-order chi connectivity index (χ1) is 12.2. The van der Waals surface area contributed by atoms with Crippen molar-refractivity contribution in [1.82, 2.24) is 0 Å². The Morgan fingerprint density at radius 2 is 1.64 bits per heavy atom. The molecule has 0 spiro atoms. The highest BCUT2D eigenvalue weighted by molar-refractivity contribution is 14.2. The van der Waals surface area contributed by atoms with Gasteiger partial charge in [-0.05, 0) is 55.4 Å². The van der Waals surface area contributed by atoms with Gasteiger partial charge in [0.2, 0.25) is 0 Å². The van der Waals surface area contributed by atoms with E-state index in [9.17, 15) is 4.79 Å². The van der Waals surface area contributed by atoms with Gasteiger partial charge >= 0.3 is 0 Å². The van der Waals surface area contributed by atoms with Gasteiger partial charge in [0.05, 0.1) is 17.5 Å². The van der Waals surface area contributed by atoms with Crippen molar-refractivity contribution in [3.8, 4) is 6.07 Å². The van der Waals surface area contributed by atoms with Gasteiger partial charge in [0.25, 0.3) is 0 Å². The molecule has 2 fully saturated rings. The topological polar surface area (TPSA) is 117 Å². The summed E-state index contributed by atoms with van der Waals surface area (Å²) in [4.78, 5) is 11.3. The largest absolute Gasteiger partial charge is 0.330 e. The van der Waals surface area contributed by atoms with E-state index in [1.54, 1.807) is 0 Å². The van der Waals surface area contributed by atoms with Crippen molar-refractivity contribution in [2.75, 3.05) is 6.54 Å². The predicted molar refractivity (Wildman–Crippen MR) is 130 cm³/mol. The van der Waals surface area contributed by atoms with Crippen molar-refractivity contribution in [3.05, 3.63) is 0 Å². The van der Waals surface area contributed by atoms with Crippen molar-refractivity contribution in [2.24, 2.45) is 33.1 Å². The molecular formula is C21H42IN4OP. The van der Waals surface area contributed by atoms with E-state index < -0.39 is 5.41 Å². The van der Waals surface area contributed by atoms with Crippen molar-refractivity contribution in [3.63, 3.8) is 0 Å². The lowest BCUT2D eigenvalue weighted by molar-refractivity contribution is -0.126. The molecule has 0 heterocycles. The summed E-state index contributed by atoms with van der Waals surface area (Å²) >= 11 is 1.93. The van der Waals surface area contributed by atoms with Gasteiger partial charge in [-0.1, -0.05) is 42.0 Å². The molecule has 2 aliphatic carbocycles. The van der Waals surface area contributed by atoms with Gasteiger partial charge < -0.3 is 11.5 Å². The Kier molecular flexibility index (Phi) is 12.8. The highest BCUT2D eigenvalue weighted by Crippen LogP contribution is 2.45. The van der Waals surface area contributed by atoms with Crippen LogP contribution in [0.4, 0.5) is 0 Å². The lowest BCUT2D eigenvalue weighted by Crippen LogP contribution is -2.45. The van der Waals surface area contributed by atoms with Crippen molar-refractivity contribution in [2.45, 2.75) is 93.5 Å². The Morgan fingerprint density at radius 1 is 1.14 bits per heavy atom. The van der Waals surface area contributed by atoms with Crippen LogP contribution in [0.15, 0.2) is 0 Å². The van der Waals surface area contributed by atoms with Gasteiger partial charge in [-0.15, -0.1) is 0 Å². The Labute approximate surface area is 187 Å². The van der Waals surface area contributed by atoms with Crippen molar-refractivity contribution < 1.29 is 4.79 Å². The summed E-state index contributed by atoms with van der Waals surface area (Å²) in [6.45, 7) is 13.6. The highest BCUT2D eigenvalue weighted by Gasteiger charge is 2.41. The molecule has 0 aromatic rings. The maximum absolute atomic E-state index is 11.3. The standard InChI is InChI=1S/C10H22N2.C10H15NO.CH4.HINP/c2*1-9(2)4-8(12)5-10(3,6-9)7-11;;1-3-2/h8H,4-7,11-12H2,1-3H3;4-6H2,1-3H3;1H4;2H. The summed E-state index contributed by atoms with van der Waals surface area (Å²) in [5.41, 5.74) is 12.0. The van der Waals surface area contributed by atoms with Crippen LogP contribution in [0.2, 0.25) is 0 Å². The Balaban J connectivity index is 0. The van der Waals surface area contributed by atoms with Crippen LogP contribution in [0.3, 0.4) is 0 Å². The molecule has 0 saturated heterocycles.